The molecule has 1 aromatic carbocycles. The third kappa shape index (κ3) is 2.96. The van der Waals surface area contributed by atoms with Gasteiger partial charge in [-0.2, -0.15) is 0 Å². The van der Waals surface area contributed by atoms with Crippen LogP contribution in [0.2, 0.25) is 5.02 Å². The minimum Gasteiger partial charge on any atom is -0.467 e. The molecule has 1 aliphatic heterocycles. The fourth-order valence-corrected chi connectivity index (χ4v) is 2.63. The van der Waals surface area contributed by atoms with E-state index in [0.29, 0.717) is 23.6 Å². The van der Waals surface area contributed by atoms with Crippen molar-refractivity contribution in [3.63, 3.8) is 0 Å². The summed E-state index contributed by atoms with van der Waals surface area (Å²) in [4.78, 5) is 25.9. The number of nitrogens with zero attached hydrogens (tertiary/aromatic N) is 1. The second-order valence-corrected chi connectivity index (χ2v) is 5.40. The highest BCUT2D eigenvalue weighted by atomic mass is 35.5. The van der Waals surface area contributed by atoms with Crippen molar-refractivity contribution < 1.29 is 14.3 Å². The highest BCUT2D eigenvalue weighted by Gasteiger charge is 2.33. The molecule has 1 atom stereocenters. The molecular formula is C15H18ClNO3. The zero-order valence-electron chi connectivity index (χ0n) is 11.7. The van der Waals surface area contributed by atoms with Gasteiger partial charge in [0.15, 0.2) is 0 Å². The lowest BCUT2D eigenvalue weighted by atomic mass is 10.0. The Balaban J connectivity index is 2.25. The SMILES string of the molecule is COC(=O)[C@H]1CCCCN1C(=O)c1ccc(C)c(Cl)c1. The van der Waals surface area contributed by atoms with Crippen molar-refractivity contribution in [2.75, 3.05) is 13.7 Å². The average Bonchev–Trinajstić information content (AvgIpc) is 2.48. The minimum atomic E-state index is -0.485. The molecule has 0 unspecified atom stereocenters. The Morgan fingerprint density at radius 1 is 1.35 bits per heavy atom. The molecule has 1 heterocycles. The Hall–Kier alpha value is -1.55. The van der Waals surface area contributed by atoms with Gasteiger partial charge in [-0.25, -0.2) is 4.79 Å². The first-order valence-electron chi connectivity index (χ1n) is 6.69. The van der Waals surface area contributed by atoms with Crippen molar-refractivity contribution >= 4 is 23.5 Å². The number of carbonyl (C=O) groups is 2. The number of rotatable bonds is 2. The summed E-state index contributed by atoms with van der Waals surface area (Å²) in [5.41, 5.74) is 1.43. The summed E-state index contributed by atoms with van der Waals surface area (Å²) in [6, 6.07) is 4.72. The first-order valence-corrected chi connectivity index (χ1v) is 7.07. The molecule has 108 valence electrons. The van der Waals surface area contributed by atoms with Gasteiger partial charge in [0, 0.05) is 17.1 Å². The number of ether oxygens (including phenoxy) is 1. The summed E-state index contributed by atoms with van der Waals surface area (Å²) < 4.78 is 4.79. The number of hydrogen-bond donors (Lipinski definition) is 0. The number of halogens is 1. The second kappa shape index (κ2) is 6.27. The van der Waals surface area contributed by atoms with Crippen LogP contribution in [0.1, 0.15) is 35.2 Å². The van der Waals surface area contributed by atoms with E-state index in [4.69, 9.17) is 16.3 Å². The van der Waals surface area contributed by atoms with Gasteiger partial charge < -0.3 is 9.64 Å². The Labute approximate surface area is 123 Å². The van der Waals surface area contributed by atoms with Gasteiger partial charge in [-0.3, -0.25) is 4.79 Å². The molecule has 0 bridgehead atoms. The third-order valence-electron chi connectivity index (χ3n) is 3.66. The molecule has 0 N–H and O–H groups in total. The van der Waals surface area contributed by atoms with E-state index in [-0.39, 0.29) is 11.9 Å². The standard InChI is InChI=1S/C15H18ClNO3/c1-10-6-7-11(9-12(10)16)14(18)17-8-4-3-5-13(17)15(19)20-2/h6-7,9,13H,3-5,8H2,1-2H3/t13-/m1/s1. The smallest absolute Gasteiger partial charge is 0.328 e. The fraction of sp³-hybridized carbons (Fsp3) is 0.467. The predicted octanol–water partition coefficient (Wildman–Crippen LogP) is 2.82. The van der Waals surface area contributed by atoms with Gasteiger partial charge in [0.1, 0.15) is 6.04 Å². The maximum absolute atomic E-state index is 12.6. The Bertz CT molecular complexity index is 530. The predicted molar refractivity (Wildman–Crippen MR) is 76.9 cm³/mol. The van der Waals surface area contributed by atoms with Crippen molar-refractivity contribution in [3.05, 3.63) is 34.3 Å². The maximum atomic E-state index is 12.6. The zero-order valence-corrected chi connectivity index (χ0v) is 12.4. The molecule has 2 rings (SSSR count). The topological polar surface area (TPSA) is 46.6 Å². The van der Waals surface area contributed by atoms with Gasteiger partial charge in [0.05, 0.1) is 7.11 Å². The molecule has 1 aliphatic rings. The molecular weight excluding hydrogens is 278 g/mol. The quantitative estimate of drug-likeness (QED) is 0.788. The van der Waals surface area contributed by atoms with Crippen LogP contribution < -0.4 is 0 Å². The number of aryl methyl sites for hydroxylation is 1. The number of hydrogen-bond acceptors (Lipinski definition) is 3. The second-order valence-electron chi connectivity index (χ2n) is 5.00. The van der Waals surface area contributed by atoms with E-state index in [1.54, 1.807) is 17.0 Å². The minimum absolute atomic E-state index is 0.165. The van der Waals surface area contributed by atoms with Gasteiger partial charge in [-0.15, -0.1) is 0 Å². The van der Waals surface area contributed by atoms with Crippen molar-refractivity contribution in [1.29, 1.82) is 0 Å². The third-order valence-corrected chi connectivity index (χ3v) is 4.06. The summed E-state index contributed by atoms with van der Waals surface area (Å²) in [6.07, 6.45) is 2.48. The highest BCUT2D eigenvalue weighted by molar-refractivity contribution is 6.31. The molecule has 0 aromatic heterocycles. The molecule has 0 spiro atoms. The molecule has 4 nitrogen and oxygen atoms in total. The van der Waals surface area contributed by atoms with Crippen LogP contribution >= 0.6 is 11.6 Å². The van der Waals surface area contributed by atoms with Crippen molar-refractivity contribution in [1.82, 2.24) is 4.90 Å². The van der Waals surface area contributed by atoms with Crippen LogP contribution in [-0.4, -0.2) is 36.5 Å². The molecule has 0 radical (unpaired) electrons. The molecule has 1 aromatic rings. The van der Waals surface area contributed by atoms with E-state index in [2.05, 4.69) is 0 Å². The van der Waals surface area contributed by atoms with Crippen LogP contribution in [0.25, 0.3) is 0 Å². The monoisotopic (exact) mass is 295 g/mol. The molecule has 0 saturated carbocycles. The van der Waals surface area contributed by atoms with E-state index in [0.717, 1.165) is 18.4 Å². The van der Waals surface area contributed by atoms with Crippen LogP contribution in [0, 0.1) is 6.92 Å². The first-order chi connectivity index (χ1) is 9.54. The maximum Gasteiger partial charge on any atom is 0.328 e. The van der Waals surface area contributed by atoms with Crippen molar-refractivity contribution in [2.45, 2.75) is 32.2 Å². The van der Waals surface area contributed by atoms with Gasteiger partial charge in [-0.1, -0.05) is 17.7 Å². The molecule has 20 heavy (non-hydrogen) atoms. The largest absolute Gasteiger partial charge is 0.467 e. The summed E-state index contributed by atoms with van der Waals surface area (Å²) in [6.45, 7) is 2.46. The lowest BCUT2D eigenvalue weighted by molar-refractivity contribution is -0.147. The number of methoxy groups -OCH3 is 1. The van der Waals surface area contributed by atoms with Crippen molar-refractivity contribution in [3.8, 4) is 0 Å². The fourth-order valence-electron chi connectivity index (χ4n) is 2.45. The highest BCUT2D eigenvalue weighted by Crippen LogP contribution is 2.23. The number of carbonyl (C=O) groups excluding carboxylic acids is 2. The van der Waals surface area contributed by atoms with Gasteiger partial charge in [-0.05, 0) is 43.9 Å². The van der Waals surface area contributed by atoms with Crippen molar-refractivity contribution in [2.24, 2.45) is 0 Å². The number of benzene rings is 1. The Kier molecular flexibility index (Phi) is 4.65. The van der Waals surface area contributed by atoms with E-state index < -0.39 is 6.04 Å². The summed E-state index contributed by atoms with van der Waals surface area (Å²) in [5, 5.41) is 0.558. The number of likely N-dealkylation sites (tertiary alicyclic amines) is 1. The molecule has 1 saturated heterocycles. The van der Waals surface area contributed by atoms with E-state index in [9.17, 15) is 9.59 Å². The van der Waals surface area contributed by atoms with Gasteiger partial charge >= 0.3 is 5.97 Å². The number of piperidine rings is 1. The average molecular weight is 296 g/mol. The van der Waals surface area contributed by atoms with Crippen LogP contribution in [0.5, 0.6) is 0 Å². The molecule has 1 fully saturated rings. The van der Waals surface area contributed by atoms with Crippen LogP contribution in [0.15, 0.2) is 18.2 Å². The number of amides is 1. The van der Waals surface area contributed by atoms with Gasteiger partial charge in [0.25, 0.3) is 5.91 Å². The Morgan fingerprint density at radius 2 is 2.10 bits per heavy atom. The summed E-state index contributed by atoms with van der Waals surface area (Å²) in [5.74, 6) is -0.516. The first kappa shape index (κ1) is 14.9. The summed E-state index contributed by atoms with van der Waals surface area (Å²) in [7, 11) is 1.35. The molecule has 5 heteroatoms. The van der Waals surface area contributed by atoms with E-state index in [1.165, 1.54) is 7.11 Å². The molecule has 1 amide bonds. The van der Waals surface area contributed by atoms with Gasteiger partial charge in [0.2, 0.25) is 0 Å². The normalized spacial score (nSPS) is 18.8. The van der Waals surface area contributed by atoms with E-state index >= 15 is 0 Å². The number of esters is 1. The zero-order chi connectivity index (χ0) is 14.7. The lowest BCUT2D eigenvalue weighted by Crippen LogP contribution is -2.48. The molecule has 0 aliphatic carbocycles. The van der Waals surface area contributed by atoms with E-state index in [1.807, 2.05) is 13.0 Å². The lowest BCUT2D eigenvalue weighted by Gasteiger charge is -2.33. The summed E-state index contributed by atoms with van der Waals surface area (Å²) >= 11 is 6.06. The van der Waals surface area contributed by atoms with Crippen LogP contribution in [0.4, 0.5) is 0 Å². The van der Waals surface area contributed by atoms with Crippen LogP contribution in [-0.2, 0) is 9.53 Å². The van der Waals surface area contributed by atoms with Crippen LogP contribution in [0.3, 0.4) is 0 Å². The Morgan fingerprint density at radius 3 is 2.75 bits per heavy atom.